The molecule has 1 rings (SSSR count). The van der Waals surface area contributed by atoms with E-state index in [1.165, 1.54) is 0 Å². The third-order valence-corrected chi connectivity index (χ3v) is 3.26. The van der Waals surface area contributed by atoms with Gasteiger partial charge in [0.15, 0.2) is 0 Å². The summed E-state index contributed by atoms with van der Waals surface area (Å²) in [6.07, 6.45) is 3.55. The van der Waals surface area contributed by atoms with E-state index in [1.54, 1.807) is 13.2 Å². The van der Waals surface area contributed by atoms with E-state index in [4.69, 9.17) is 9.84 Å². The summed E-state index contributed by atoms with van der Waals surface area (Å²) in [7, 11) is 1.64. The van der Waals surface area contributed by atoms with E-state index < -0.39 is 0 Å². The minimum absolute atomic E-state index is 0.0718. The summed E-state index contributed by atoms with van der Waals surface area (Å²) in [6.45, 7) is 4.08. The molecule has 0 bridgehead atoms. The maximum Gasteiger partial charge on any atom is 0.267 e. The van der Waals surface area contributed by atoms with Crippen LogP contribution < -0.4 is 5.32 Å². The molecule has 1 heterocycles. The molecule has 0 fully saturated rings. The zero-order valence-corrected chi connectivity index (χ0v) is 11.8. The van der Waals surface area contributed by atoms with Gasteiger partial charge in [-0.15, -0.1) is 0 Å². The van der Waals surface area contributed by atoms with E-state index in [0.29, 0.717) is 31.3 Å². The lowest BCUT2D eigenvalue weighted by atomic mass is 10.0. The fourth-order valence-corrected chi connectivity index (χ4v) is 1.97. The molecular weight excluding hydrogens is 244 g/mol. The van der Waals surface area contributed by atoms with Gasteiger partial charge in [-0.3, -0.25) is 4.79 Å². The Morgan fingerprint density at radius 3 is 3.00 bits per heavy atom. The predicted octanol–water partition coefficient (Wildman–Crippen LogP) is 1.27. The number of nitrogens with one attached hydrogen (secondary N) is 1. The fourth-order valence-electron chi connectivity index (χ4n) is 1.97. The van der Waals surface area contributed by atoms with Crippen LogP contribution in [0.4, 0.5) is 0 Å². The van der Waals surface area contributed by atoms with E-state index in [9.17, 15) is 4.79 Å². The van der Waals surface area contributed by atoms with Crippen molar-refractivity contribution in [3.8, 4) is 0 Å². The van der Waals surface area contributed by atoms with E-state index in [-0.39, 0.29) is 12.5 Å². The van der Waals surface area contributed by atoms with Crippen LogP contribution in [0.2, 0.25) is 0 Å². The summed E-state index contributed by atoms with van der Waals surface area (Å²) in [5, 5.41) is 11.9. The number of aromatic nitrogens is 1. The van der Waals surface area contributed by atoms with Crippen LogP contribution in [0.3, 0.4) is 0 Å². The lowest BCUT2D eigenvalue weighted by Crippen LogP contribution is -2.31. The van der Waals surface area contributed by atoms with Crippen LogP contribution in [0.15, 0.2) is 18.3 Å². The lowest BCUT2D eigenvalue weighted by molar-refractivity contribution is 0.0931. The normalized spacial score (nSPS) is 12.4. The number of methoxy groups -OCH3 is 1. The highest BCUT2D eigenvalue weighted by Gasteiger charge is 2.12. The molecule has 5 heteroatoms. The van der Waals surface area contributed by atoms with Crippen molar-refractivity contribution < 1.29 is 14.6 Å². The second-order valence-electron chi connectivity index (χ2n) is 4.58. The monoisotopic (exact) mass is 268 g/mol. The molecule has 1 aromatic rings. The molecule has 0 saturated carbocycles. The molecule has 2 N–H and O–H groups in total. The smallest absolute Gasteiger partial charge is 0.267 e. The molecule has 0 spiro atoms. The number of carbonyl (C=O) groups is 1. The number of ether oxygens (including phenoxy) is 1. The van der Waals surface area contributed by atoms with Crippen molar-refractivity contribution in [2.24, 2.45) is 5.92 Å². The molecule has 108 valence electrons. The van der Waals surface area contributed by atoms with Gasteiger partial charge in [0.25, 0.3) is 5.91 Å². The van der Waals surface area contributed by atoms with E-state index in [0.717, 1.165) is 12.8 Å². The summed E-state index contributed by atoms with van der Waals surface area (Å²) in [6, 6.07) is 3.66. The quantitative estimate of drug-likeness (QED) is 0.709. The zero-order valence-electron chi connectivity index (χ0n) is 11.8. The van der Waals surface area contributed by atoms with Crippen LogP contribution in [0, 0.1) is 5.92 Å². The van der Waals surface area contributed by atoms with Crippen LogP contribution in [-0.2, 0) is 11.3 Å². The van der Waals surface area contributed by atoms with Crippen molar-refractivity contribution in [3.63, 3.8) is 0 Å². The van der Waals surface area contributed by atoms with Gasteiger partial charge in [0.1, 0.15) is 5.69 Å². The van der Waals surface area contributed by atoms with Crippen LogP contribution >= 0.6 is 0 Å². The molecule has 0 aliphatic rings. The second-order valence-corrected chi connectivity index (χ2v) is 4.58. The lowest BCUT2D eigenvalue weighted by Gasteiger charge is -2.15. The number of hydrogen-bond acceptors (Lipinski definition) is 3. The maximum absolute atomic E-state index is 12.1. The molecule has 5 nitrogen and oxygen atoms in total. The van der Waals surface area contributed by atoms with Crippen molar-refractivity contribution in [1.29, 1.82) is 0 Å². The largest absolute Gasteiger partial charge is 0.396 e. The predicted molar refractivity (Wildman–Crippen MR) is 74.1 cm³/mol. The second kappa shape index (κ2) is 8.72. The Labute approximate surface area is 114 Å². The Morgan fingerprint density at radius 2 is 2.37 bits per heavy atom. The zero-order chi connectivity index (χ0) is 14.1. The average Bonchev–Trinajstić information content (AvgIpc) is 2.89. The first-order chi connectivity index (χ1) is 9.22. The fraction of sp³-hybridized carbons (Fsp3) is 0.643. The van der Waals surface area contributed by atoms with Crippen molar-refractivity contribution >= 4 is 5.91 Å². The van der Waals surface area contributed by atoms with Gasteiger partial charge in [0.05, 0.1) is 6.61 Å². The third-order valence-electron chi connectivity index (χ3n) is 3.26. The van der Waals surface area contributed by atoms with Gasteiger partial charge in [0, 0.05) is 33.0 Å². The highest BCUT2D eigenvalue weighted by Crippen LogP contribution is 2.07. The number of nitrogens with zero attached hydrogens (tertiary/aromatic N) is 1. The molecule has 0 aromatic carbocycles. The first-order valence-electron chi connectivity index (χ1n) is 6.76. The molecule has 1 aromatic heterocycles. The SMILES string of the molecule is CCC(CCO)CNC(=O)c1cccn1CCOC. The minimum Gasteiger partial charge on any atom is -0.396 e. The summed E-state index contributed by atoms with van der Waals surface area (Å²) >= 11 is 0. The molecule has 1 unspecified atom stereocenters. The highest BCUT2D eigenvalue weighted by molar-refractivity contribution is 5.92. The number of rotatable bonds is 9. The summed E-state index contributed by atoms with van der Waals surface area (Å²) < 4.78 is 6.90. The van der Waals surface area contributed by atoms with Gasteiger partial charge >= 0.3 is 0 Å². The maximum atomic E-state index is 12.1. The van der Waals surface area contributed by atoms with Gasteiger partial charge in [-0.25, -0.2) is 0 Å². The van der Waals surface area contributed by atoms with Crippen LogP contribution in [0.1, 0.15) is 30.3 Å². The number of carbonyl (C=O) groups excluding carboxylic acids is 1. The minimum atomic E-state index is -0.0718. The molecule has 0 aliphatic heterocycles. The summed E-state index contributed by atoms with van der Waals surface area (Å²) in [5.74, 6) is 0.258. The number of aliphatic hydroxyl groups excluding tert-OH is 1. The average molecular weight is 268 g/mol. The van der Waals surface area contributed by atoms with Gasteiger partial charge in [-0.05, 0) is 24.5 Å². The number of hydrogen-bond donors (Lipinski definition) is 2. The van der Waals surface area contributed by atoms with Crippen molar-refractivity contribution in [2.45, 2.75) is 26.3 Å². The van der Waals surface area contributed by atoms with Crippen LogP contribution in [-0.4, -0.2) is 42.4 Å². The van der Waals surface area contributed by atoms with Crippen LogP contribution in [0.5, 0.6) is 0 Å². The topological polar surface area (TPSA) is 63.5 Å². The standard InChI is InChI=1S/C14H24N2O3/c1-3-12(6-9-17)11-15-14(18)13-5-4-7-16(13)8-10-19-2/h4-5,7,12,17H,3,6,8-11H2,1-2H3,(H,15,18). The van der Waals surface area contributed by atoms with Gasteiger partial charge in [-0.2, -0.15) is 0 Å². The van der Waals surface area contributed by atoms with E-state index in [2.05, 4.69) is 12.2 Å². The van der Waals surface area contributed by atoms with Gasteiger partial charge in [0.2, 0.25) is 0 Å². The number of amides is 1. The molecular formula is C14H24N2O3. The molecule has 1 atom stereocenters. The Kier molecular flexibility index (Phi) is 7.22. The van der Waals surface area contributed by atoms with Crippen molar-refractivity contribution in [1.82, 2.24) is 9.88 Å². The molecule has 0 aliphatic carbocycles. The van der Waals surface area contributed by atoms with E-state index >= 15 is 0 Å². The Morgan fingerprint density at radius 1 is 1.58 bits per heavy atom. The van der Waals surface area contributed by atoms with Gasteiger partial charge in [-0.1, -0.05) is 13.3 Å². The Hall–Kier alpha value is -1.33. The highest BCUT2D eigenvalue weighted by atomic mass is 16.5. The summed E-state index contributed by atoms with van der Waals surface area (Å²) in [4.78, 5) is 12.1. The van der Waals surface area contributed by atoms with Crippen molar-refractivity contribution in [3.05, 3.63) is 24.0 Å². The number of aliphatic hydroxyl groups is 1. The van der Waals surface area contributed by atoms with E-state index in [1.807, 2.05) is 16.8 Å². The first kappa shape index (κ1) is 15.7. The van der Waals surface area contributed by atoms with Crippen molar-refractivity contribution in [2.75, 3.05) is 26.9 Å². The third kappa shape index (κ3) is 5.04. The Balaban J connectivity index is 2.50. The molecule has 1 amide bonds. The Bertz CT molecular complexity index is 377. The molecule has 19 heavy (non-hydrogen) atoms. The summed E-state index contributed by atoms with van der Waals surface area (Å²) in [5.41, 5.74) is 0.649. The van der Waals surface area contributed by atoms with Crippen LogP contribution in [0.25, 0.3) is 0 Å². The first-order valence-corrected chi connectivity index (χ1v) is 6.76. The van der Waals surface area contributed by atoms with Gasteiger partial charge < -0.3 is 19.7 Å². The molecule has 0 radical (unpaired) electrons. The molecule has 0 saturated heterocycles.